The fourth-order valence-corrected chi connectivity index (χ4v) is 1.44. The van der Waals surface area contributed by atoms with Gasteiger partial charge < -0.3 is 0 Å². The number of nitrogens with one attached hydrogen (secondary N) is 1. The van der Waals surface area contributed by atoms with Crippen molar-refractivity contribution in [3.8, 4) is 12.3 Å². The molecule has 1 unspecified atom stereocenters. The summed E-state index contributed by atoms with van der Waals surface area (Å²) in [7, 11) is 1.86. The normalized spacial score (nSPS) is 12.5. The number of halogens is 1. The largest absolute Gasteiger partial charge is 0.270 e. The van der Waals surface area contributed by atoms with Gasteiger partial charge >= 0.3 is 0 Å². The highest BCUT2D eigenvalue weighted by molar-refractivity contribution is 14.1. The Labute approximate surface area is 84.6 Å². The highest BCUT2D eigenvalue weighted by Crippen LogP contribution is 2.17. The molecule has 0 spiro atoms. The summed E-state index contributed by atoms with van der Waals surface area (Å²) in [6, 6.07) is -0.259. The van der Waals surface area contributed by atoms with Crippen molar-refractivity contribution in [2.45, 2.75) is 6.04 Å². The van der Waals surface area contributed by atoms with E-state index < -0.39 is 0 Å². The van der Waals surface area contributed by atoms with Gasteiger partial charge in [0.05, 0.1) is 6.20 Å². The monoisotopic (exact) mass is 276 g/mol. The van der Waals surface area contributed by atoms with E-state index in [1.165, 1.54) is 0 Å². The minimum atomic E-state index is -0.259. The van der Waals surface area contributed by atoms with E-state index in [0.29, 0.717) is 0 Å². The minimum Gasteiger partial charge on any atom is -0.270 e. The summed E-state index contributed by atoms with van der Waals surface area (Å²) in [5.41, 5.74) is 3.46. The van der Waals surface area contributed by atoms with Gasteiger partial charge in [-0.25, -0.2) is 5.43 Å². The fraction of sp³-hybridized carbons (Fsp3) is 0.286. The summed E-state index contributed by atoms with van der Waals surface area (Å²) in [5.74, 6) is 7.79. The molecule has 1 aromatic heterocycles. The van der Waals surface area contributed by atoms with E-state index in [0.717, 1.165) is 9.26 Å². The second kappa shape index (κ2) is 3.89. The van der Waals surface area contributed by atoms with Crippen LogP contribution in [0.5, 0.6) is 0 Å². The first-order valence-corrected chi connectivity index (χ1v) is 4.38. The highest BCUT2D eigenvalue weighted by Gasteiger charge is 2.12. The quantitative estimate of drug-likeness (QED) is 0.350. The number of aryl methyl sites for hydroxylation is 1. The van der Waals surface area contributed by atoms with E-state index in [2.05, 4.69) is 39.0 Å². The highest BCUT2D eigenvalue weighted by atomic mass is 127. The third-order valence-electron chi connectivity index (χ3n) is 1.54. The fourth-order valence-electron chi connectivity index (χ4n) is 0.861. The molecular weight excluding hydrogens is 267 g/mol. The van der Waals surface area contributed by atoms with Gasteiger partial charge in [0.25, 0.3) is 0 Å². The van der Waals surface area contributed by atoms with Gasteiger partial charge in [-0.1, -0.05) is 5.92 Å². The number of hydrogen-bond acceptors (Lipinski definition) is 3. The Kier molecular flexibility index (Phi) is 3.08. The SMILES string of the molecule is C#CC(NN)c1cnn(C)c1I. The Morgan fingerprint density at radius 1 is 1.92 bits per heavy atom. The van der Waals surface area contributed by atoms with E-state index in [-0.39, 0.29) is 6.04 Å². The van der Waals surface area contributed by atoms with Crippen molar-refractivity contribution in [3.63, 3.8) is 0 Å². The van der Waals surface area contributed by atoms with Crippen LogP contribution in [0.1, 0.15) is 11.6 Å². The first-order valence-electron chi connectivity index (χ1n) is 3.30. The van der Waals surface area contributed by atoms with Crippen molar-refractivity contribution < 1.29 is 0 Å². The summed E-state index contributed by atoms with van der Waals surface area (Å²) < 4.78 is 2.74. The lowest BCUT2D eigenvalue weighted by atomic mass is 10.2. The molecule has 1 heterocycles. The van der Waals surface area contributed by atoms with Gasteiger partial charge in [-0.15, -0.1) is 6.42 Å². The zero-order chi connectivity index (χ0) is 9.14. The average Bonchev–Trinajstić information content (AvgIpc) is 2.38. The van der Waals surface area contributed by atoms with E-state index in [1.54, 1.807) is 10.9 Å². The third-order valence-corrected chi connectivity index (χ3v) is 2.86. The van der Waals surface area contributed by atoms with Gasteiger partial charge in [0.15, 0.2) is 0 Å². The lowest BCUT2D eigenvalue weighted by molar-refractivity contribution is 0.666. The Hall–Kier alpha value is -0.580. The first-order chi connectivity index (χ1) is 5.70. The van der Waals surface area contributed by atoms with Gasteiger partial charge in [0.2, 0.25) is 0 Å². The van der Waals surface area contributed by atoms with Crippen LogP contribution in [0.15, 0.2) is 6.20 Å². The van der Waals surface area contributed by atoms with E-state index in [1.807, 2.05) is 7.05 Å². The Bertz CT molecular complexity index is 312. The molecule has 12 heavy (non-hydrogen) atoms. The van der Waals surface area contributed by atoms with Crippen LogP contribution in [0.2, 0.25) is 0 Å². The van der Waals surface area contributed by atoms with Crippen LogP contribution < -0.4 is 11.3 Å². The van der Waals surface area contributed by atoms with Crippen molar-refractivity contribution in [3.05, 3.63) is 15.5 Å². The Morgan fingerprint density at radius 3 is 2.92 bits per heavy atom. The molecule has 0 saturated carbocycles. The molecule has 1 atom stereocenters. The molecule has 0 bridgehead atoms. The number of rotatable bonds is 2. The second-order valence-corrected chi connectivity index (χ2v) is 3.30. The number of aromatic nitrogens is 2. The van der Waals surface area contributed by atoms with Crippen LogP contribution in [-0.4, -0.2) is 9.78 Å². The molecule has 0 aliphatic heterocycles. The van der Waals surface area contributed by atoms with E-state index in [4.69, 9.17) is 12.3 Å². The predicted molar refractivity (Wildman–Crippen MR) is 54.8 cm³/mol. The number of hydrogen-bond donors (Lipinski definition) is 2. The van der Waals surface area contributed by atoms with Crippen LogP contribution in [0.4, 0.5) is 0 Å². The lowest BCUT2D eigenvalue weighted by Crippen LogP contribution is -2.27. The molecule has 0 saturated heterocycles. The maximum atomic E-state index is 5.26. The number of terminal acetylenes is 1. The molecule has 0 amide bonds. The molecule has 5 heteroatoms. The molecular formula is C7H9IN4. The molecule has 0 fully saturated rings. The molecule has 0 radical (unpaired) electrons. The maximum Gasteiger partial charge on any atom is 0.111 e. The van der Waals surface area contributed by atoms with Crippen molar-refractivity contribution in [1.82, 2.24) is 15.2 Å². The lowest BCUT2D eigenvalue weighted by Gasteiger charge is -2.06. The second-order valence-electron chi connectivity index (χ2n) is 2.28. The Balaban J connectivity index is 3.03. The maximum absolute atomic E-state index is 5.26. The van der Waals surface area contributed by atoms with Crippen molar-refractivity contribution in [1.29, 1.82) is 0 Å². The molecule has 4 nitrogen and oxygen atoms in total. The van der Waals surface area contributed by atoms with Crippen molar-refractivity contribution in [2.24, 2.45) is 12.9 Å². The summed E-state index contributed by atoms with van der Waals surface area (Å²) in [6.45, 7) is 0. The van der Waals surface area contributed by atoms with Crippen molar-refractivity contribution in [2.75, 3.05) is 0 Å². The topological polar surface area (TPSA) is 55.9 Å². The van der Waals surface area contributed by atoms with Crippen molar-refractivity contribution >= 4 is 22.6 Å². The minimum absolute atomic E-state index is 0.259. The summed E-state index contributed by atoms with van der Waals surface area (Å²) in [5, 5.41) is 4.05. The molecule has 1 rings (SSSR count). The van der Waals surface area contributed by atoms with Gasteiger partial charge in [0.1, 0.15) is 9.74 Å². The molecule has 1 aromatic rings. The van der Waals surface area contributed by atoms with Gasteiger partial charge in [0, 0.05) is 12.6 Å². The van der Waals surface area contributed by atoms with Gasteiger partial charge in [-0.05, 0) is 22.6 Å². The molecule has 64 valence electrons. The summed E-state index contributed by atoms with van der Waals surface area (Å²) in [4.78, 5) is 0. The molecule has 3 N–H and O–H groups in total. The van der Waals surface area contributed by atoms with Crippen LogP contribution in [-0.2, 0) is 7.05 Å². The number of nitrogens with zero attached hydrogens (tertiary/aromatic N) is 2. The van der Waals surface area contributed by atoms with Crippen LogP contribution >= 0.6 is 22.6 Å². The van der Waals surface area contributed by atoms with Gasteiger partial charge in [-0.3, -0.25) is 10.5 Å². The number of nitrogens with two attached hydrogens (primary N) is 1. The zero-order valence-electron chi connectivity index (χ0n) is 6.58. The zero-order valence-corrected chi connectivity index (χ0v) is 8.74. The summed E-state index contributed by atoms with van der Waals surface area (Å²) in [6.07, 6.45) is 6.98. The third kappa shape index (κ3) is 1.60. The van der Waals surface area contributed by atoms with E-state index in [9.17, 15) is 0 Å². The first kappa shape index (κ1) is 9.51. The van der Waals surface area contributed by atoms with Crippen LogP contribution in [0, 0.1) is 16.0 Å². The van der Waals surface area contributed by atoms with Crippen LogP contribution in [0.3, 0.4) is 0 Å². The average molecular weight is 276 g/mol. The number of hydrazine groups is 1. The predicted octanol–water partition coefficient (Wildman–Crippen LogP) is 0.162. The van der Waals surface area contributed by atoms with E-state index >= 15 is 0 Å². The molecule has 0 aliphatic carbocycles. The molecule has 0 aromatic carbocycles. The molecule has 0 aliphatic rings. The van der Waals surface area contributed by atoms with Crippen LogP contribution in [0.25, 0.3) is 0 Å². The Morgan fingerprint density at radius 2 is 2.58 bits per heavy atom. The smallest absolute Gasteiger partial charge is 0.111 e. The standard InChI is InChI=1S/C7H9IN4/c1-3-6(11-9)5-4-10-12(2)7(5)8/h1,4,6,11H,9H2,2H3. The van der Waals surface area contributed by atoms with Gasteiger partial charge in [-0.2, -0.15) is 5.10 Å². The summed E-state index contributed by atoms with van der Waals surface area (Å²) >= 11 is 2.17.